The largest absolute Gasteiger partial charge is 0.392 e. The normalized spacial score (nSPS) is 27.7. The number of nitrogens with one attached hydrogen (secondary N) is 1. The number of hydrogen-bond acceptors (Lipinski definition) is 3. The number of rotatable bonds is 4. The predicted molar refractivity (Wildman–Crippen MR) is 64.2 cm³/mol. The second-order valence-corrected chi connectivity index (χ2v) is 5.24. The smallest absolute Gasteiger partial charge is 0.391 e. The average Bonchev–Trinajstić information content (AvgIpc) is 2.34. The molecule has 0 heterocycles. The molecule has 0 radical (unpaired) electrons. The van der Waals surface area contributed by atoms with Gasteiger partial charge in [-0.1, -0.05) is 0 Å². The number of aliphatic hydroxyl groups is 1. The van der Waals surface area contributed by atoms with Gasteiger partial charge in [-0.05, 0) is 32.6 Å². The molecule has 2 unspecified atom stereocenters. The van der Waals surface area contributed by atoms with Crippen LogP contribution in [-0.4, -0.2) is 35.9 Å². The van der Waals surface area contributed by atoms with Crippen LogP contribution in [-0.2, 0) is 4.79 Å². The third kappa shape index (κ3) is 4.99. The summed E-state index contributed by atoms with van der Waals surface area (Å²) in [7, 11) is 0. The highest BCUT2D eigenvalue weighted by Gasteiger charge is 2.42. The number of amides is 1. The monoisotopic (exact) mass is 282 g/mol. The molecule has 0 aromatic heterocycles. The fraction of sp³-hybridized carbons (Fsp3) is 0.917. The van der Waals surface area contributed by atoms with Crippen LogP contribution >= 0.6 is 0 Å². The van der Waals surface area contributed by atoms with Crippen LogP contribution in [0.15, 0.2) is 0 Å². The molecule has 1 rings (SSSR count). The maximum Gasteiger partial charge on any atom is 0.391 e. The minimum absolute atomic E-state index is 0.00401. The van der Waals surface area contributed by atoms with E-state index in [1.807, 2.05) is 0 Å². The van der Waals surface area contributed by atoms with E-state index in [0.717, 1.165) is 0 Å². The molecule has 19 heavy (non-hydrogen) atoms. The summed E-state index contributed by atoms with van der Waals surface area (Å²) in [6.07, 6.45) is -4.38. The molecule has 112 valence electrons. The first-order valence-electron chi connectivity index (χ1n) is 6.50. The van der Waals surface area contributed by atoms with Crippen LogP contribution in [0.2, 0.25) is 0 Å². The molecule has 1 fully saturated rings. The lowest BCUT2D eigenvalue weighted by molar-refractivity contribution is -0.184. The van der Waals surface area contributed by atoms with Gasteiger partial charge in [0.15, 0.2) is 0 Å². The van der Waals surface area contributed by atoms with Crippen LogP contribution in [0.4, 0.5) is 13.2 Å². The van der Waals surface area contributed by atoms with Crippen LogP contribution in [0.3, 0.4) is 0 Å². The second kappa shape index (κ2) is 6.56. The molecule has 0 aliphatic heterocycles. The number of aliphatic hydroxyl groups excluding tert-OH is 1. The zero-order chi connectivity index (χ0) is 14.6. The van der Waals surface area contributed by atoms with Crippen molar-refractivity contribution in [2.75, 3.05) is 6.54 Å². The summed E-state index contributed by atoms with van der Waals surface area (Å²) in [4.78, 5) is 11.8. The first-order valence-corrected chi connectivity index (χ1v) is 6.50. The van der Waals surface area contributed by atoms with Crippen LogP contribution in [0.25, 0.3) is 0 Å². The number of carbonyl (C=O) groups excluding carboxylic acids is 1. The number of alkyl halides is 3. The van der Waals surface area contributed by atoms with Gasteiger partial charge in [-0.3, -0.25) is 4.79 Å². The zero-order valence-electron chi connectivity index (χ0n) is 10.9. The van der Waals surface area contributed by atoms with E-state index in [1.54, 1.807) is 0 Å². The van der Waals surface area contributed by atoms with Crippen molar-refractivity contribution in [3.8, 4) is 0 Å². The summed E-state index contributed by atoms with van der Waals surface area (Å²) in [6, 6.07) is -0.560. The summed E-state index contributed by atoms with van der Waals surface area (Å²) < 4.78 is 37.4. The zero-order valence-corrected chi connectivity index (χ0v) is 10.9. The third-order valence-electron chi connectivity index (χ3n) is 3.69. The molecule has 0 spiro atoms. The third-order valence-corrected chi connectivity index (χ3v) is 3.69. The van der Waals surface area contributed by atoms with E-state index < -0.39 is 24.2 Å². The van der Waals surface area contributed by atoms with Crippen molar-refractivity contribution < 1.29 is 23.1 Å². The van der Waals surface area contributed by atoms with Crippen LogP contribution in [0, 0.1) is 11.8 Å². The van der Waals surface area contributed by atoms with Gasteiger partial charge in [0, 0.05) is 18.5 Å². The van der Waals surface area contributed by atoms with E-state index in [1.165, 1.54) is 6.92 Å². The van der Waals surface area contributed by atoms with Crippen molar-refractivity contribution in [3.05, 3.63) is 0 Å². The Balaban J connectivity index is 2.33. The number of halogens is 3. The highest BCUT2D eigenvalue weighted by atomic mass is 19.4. The molecule has 0 aromatic rings. The Morgan fingerprint density at radius 1 is 1.37 bits per heavy atom. The molecule has 0 aromatic carbocycles. The fourth-order valence-electron chi connectivity index (χ4n) is 2.22. The number of carbonyl (C=O) groups is 1. The fourth-order valence-corrected chi connectivity index (χ4v) is 2.22. The Hall–Kier alpha value is -0.820. The molecule has 0 bridgehead atoms. The predicted octanol–water partition coefficient (Wildman–Crippen LogP) is 1.18. The molecular weight excluding hydrogens is 261 g/mol. The maximum atomic E-state index is 12.5. The molecule has 1 aliphatic rings. The van der Waals surface area contributed by atoms with Gasteiger partial charge < -0.3 is 16.2 Å². The van der Waals surface area contributed by atoms with Gasteiger partial charge in [0.2, 0.25) is 5.91 Å². The van der Waals surface area contributed by atoms with E-state index in [2.05, 4.69) is 5.32 Å². The van der Waals surface area contributed by atoms with E-state index in [4.69, 9.17) is 10.8 Å². The van der Waals surface area contributed by atoms with Crippen LogP contribution in [0.5, 0.6) is 0 Å². The quantitative estimate of drug-likeness (QED) is 0.725. The van der Waals surface area contributed by atoms with Gasteiger partial charge in [-0.15, -0.1) is 0 Å². The molecule has 0 saturated heterocycles. The lowest BCUT2D eigenvalue weighted by atomic mass is 9.81. The Morgan fingerprint density at radius 3 is 2.32 bits per heavy atom. The summed E-state index contributed by atoms with van der Waals surface area (Å²) in [5.74, 6) is -1.92. The number of hydrogen-bond donors (Lipinski definition) is 3. The van der Waals surface area contributed by atoms with Crippen molar-refractivity contribution in [2.45, 2.75) is 50.9 Å². The number of nitrogens with two attached hydrogens (primary N) is 1. The van der Waals surface area contributed by atoms with Gasteiger partial charge in [-0.2, -0.15) is 13.2 Å². The van der Waals surface area contributed by atoms with Crippen molar-refractivity contribution in [2.24, 2.45) is 17.6 Å². The Morgan fingerprint density at radius 2 is 1.89 bits per heavy atom. The molecule has 7 heteroatoms. The summed E-state index contributed by atoms with van der Waals surface area (Å²) in [5, 5.41) is 11.7. The van der Waals surface area contributed by atoms with Crippen LogP contribution < -0.4 is 11.1 Å². The standard InChI is InChI=1S/C12H21F3N2O2/c1-7(18)10(16)6-17-11(19)8-2-4-9(5-3-8)12(13,14)15/h7-10,18H,2-6,16H2,1H3,(H,17,19). The topological polar surface area (TPSA) is 75.3 Å². The first-order chi connectivity index (χ1) is 8.71. The lowest BCUT2D eigenvalue weighted by Crippen LogP contribution is -2.45. The van der Waals surface area contributed by atoms with Gasteiger partial charge in [0.1, 0.15) is 0 Å². The highest BCUT2D eigenvalue weighted by molar-refractivity contribution is 5.78. The van der Waals surface area contributed by atoms with Gasteiger partial charge in [0.05, 0.1) is 12.0 Å². The molecule has 2 atom stereocenters. The van der Waals surface area contributed by atoms with E-state index in [-0.39, 0.29) is 44.1 Å². The van der Waals surface area contributed by atoms with Crippen molar-refractivity contribution in [1.29, 1.82) is 0 Å². The SMILES string of the molecule is CC(O)C(N)CNC(=O)C1CCC(C(F)(F)F)CC1. The van der Waals surface area contributed by atoms with Crippen molar-refractivity contribution in [3.63, 3.8) is 0 Å². The van der Waals surface area contributed by atoms with Gasteiger partial charge in [0.25, 0.3) is 0 Å². The lowest BCUT2D eigenvalue weighted by Gasteiger charge is -2.29. The van der Waals surface area contributed by atoms with Gasteiger partial charge in [-0.25, -0.2) is 0 Å². The minimum atomic E-state index is -4.16. The molecule has 1 aliphatic carbocycles. The first kappa shape index (κ1) is 16.2. The molecule has 1 amide bonds. The Labute approximate surface area is 110 Å². The molecule has 1 saturated carbocycles. The average molecular weight is 282 g/mol. The van der Waals surface area contributed by atoms with Crippen molar-refractivity contribution in [1.82, 2.24) is 5.32 Å². The van der Waals surface area contributed by atoms with E-state index in [9.17, 15) is 18.0 Å². The summed E-state index contributed by atoms with van der Waals surface area (Å²) in [5.41, 5.74) is 5.56. The summed E-state index contributed by atoms with van der Waals surface area (Å²) >= 11 is 0. The second-order valence-electron chi connectivity index (χ2n) is 5.24. The Bertz CT molecular complexity index is 300. The molecule has 4 N–H and O–H groups in total. The van der Waals surface area contributed by atoms with Crippen LogP contribution in [0.1, 0.15) is 32.6 Å². The Kier molecular flexibility index (Phi) is 5.61. The molecule has 4 nitrogen and oxygen atoms in total. The highest BCUT2D eigenvalue weighted by Crippen LogP contribution is 2.39. The molecular formula is C12H21F3N2O2. The summed E-state index contributed by atoms with van der Waals surface area (Å²) in [6.45, 7) is 1.65. The maximum absolute atomic E-state index is 12.5. The van der Waals surface area contributed by atoms with Crippen molar-refractivity contribution >= 4 is 5.91 Å². The van der Waals surface area contributed by atoms with Gasteiger partial charge >= 0.3 is 6.18 Å². The van der Waals surface area contributed by atoms with E-state index in [0.29, 0.717) is 0 Å². The minimum Gasteiger partial charge on any atom is -0.392 e. The van der Waals surface area contributed by atoms with E-state index >= 15 is 0 Å².